The van der Waals surface area contributed by atoms with Gasteiger partial charge in [-0.2, -0.15) is 0 Å². The van der Waals surface area contributed by atoms with E-state index in [1.807, 2.05) is 0 Å². The molecule has 1 unspecified atom stereocenters. The number of hydrogen-bond donors (Lipinski definition) is 2. The molecular formula is C22H22N4O6. The summed E-state index contributed by atoms with van der Waals surface area (Å²) in [5.74, 6) is -1.08. The Morgan fingerprint density at radius 1 is 1.22 bits per heavy atom. The number of hydrogen-bond acceptors (Lipinski definition) is 6. The van der Waals surface area contributed by atoms with Crippen molar-refractivity contribution in [1.82, 2.24) is 10.2 Å². The molecule has 0 aliphatic carbocycles. The van der Waals surface area contributed by atoms with Gasteiger partial charge in [-0.1, -0.05) is 18.2 Å². The fourth-order valence-corrected chi connectivity index (χ4v) is 3.32. The molecule has 0 saturated heterocycles. The number of anilines is 1. The SMILES string of the molecule is CCOC(=O)C1=C(C)N(C)C(=O)NC1c1cccc(NC(=O)c2cccc([N+](=O)[O-])c2)c1. The van der Waals surface area contributed by atoms with Gasteiger partial charge in [0.1, 0.15) is 0 Å². The summed E-state index contributed by atoms with van der Waals surface area (Å²) in [4.78, 5) is 49.2. The minimum Gasteiger partial charge on any atom is -0.463 e. The summed E-state index contributed by atoms with van der Waals surface area (Å²) >= 11 is 0. The highest BCUT2D eigenvalue weighted by Crippen LogP contribution is 2.32. The molecule has 2 N–H and O–H groups in total. The van der Waals surface area contributed by atoms with E-state index in [0.29, 0.717) is 16.9 Å². The van der Waals surface area contributed by atoms with E-state index in [0.717, 1.165) is 0 Å². The Morgan fingerprint density at radius 3 is 2.62 bits per heavy atom. The number of urea groups is 1. The van der Waals surface area contributed by atoms with E-state index in [1.54, 1.807) is 45.2 Å². The third-order valence-corrected chi connectivity index (χ3v) is 5.05. The van der Waals surface area contributed by atoms with Crippen LogP contribution in [0.25, 0.3) is 0 Å². The van der Waals surface area contributed by atoms with E-state index in [2.05, 4.69) is 10.6 Å². The van der Waals surface area contributed by atoms with Crippen LogP contribution in [0, 0.1) is 10.1 Å². The van der Waals surface area contributed by atoms with Gasteiger partial charge in [-0.25, -0.2) is 9.59 Å². The highest BCUT2D eigenvalue weighted by Gasteiger charge is 2.35. The molecule has 0 aromatic heterocycles. The predicted octanol–water partition coefficient (Wildman–Crippen LogP) is 3.38. The third-order valence-electron chi connectivity index (χ3n) is 5.05. The van der Waals surface area contributed by atoms with E-state index in [-0.39, 0.29) is 29.5 Å². The number of nitrogens with zero attached hydrogens (tertiary/aromatic N) is 2. The van der Waals surface area contributed by atoms with Gasteiger partial charge >= 0.3 is 12.0 Å². The topological polar surface area (TPSA) is 131 Å². The second kappa shape index (κ2) is 9.29. The molecule has 1 aliphatic rings. The van der Waals surface area contributed by atoms with Crippen molar-refractivity contribution in [1.29, 1.82) is 0 Å². The summed E-state index contributed by atoms with van der Waals surface area (Å²) in [6.45, 7) is 3.53. The van der Waals surface area contributed by atoms with Crippen LogP contribution in [0.1, 0.15) is 35.8 Å². The maximum Gasteiger partial charge on any atom is 0.338 e. The van der Waals surface area contributed by atoms with Crippen molar-refractivity contribution in [2.75, 3.05) is 19.0 Å². The fourth-order valence-electron chi connectivity index (χ4n) is 3.32. The van der Waals surface area contributed by atoms with E-state index >= 15 is 0 Å². The number of nitro benzene ring substituents is 1. The maximum absolute atomic E-state index is 12.6. The molecule has 32 heavy (non-hydrogen) atoms. The molecule has 10 nitrogen and oxygen atoms in total. The average molecular weight is 438 g/mol. The summed E-state index contributed by atoms with van der Waals surface area (Å²) in [7, 11) is 1.55. The van der Waals surface area contributed by atoms with Crippen LogP contribution in [0.15, 0.2) is 59.8 Å². The quantitative estimate of drug-likeness (QED) is 0.404. The van der Waals surface area contributed by atoms with Gasteiger partial charge in [0, 0.05) is 36.1 Å². The van der Waals surface area contributed by atoms with Gasteiger partial charge in [0.25, 0.3) is 11.6 Å². The third kappa shape index (κ3) is 4.59. The standard InChI is InChI=1S/C22H22N4O6/c1-4-32-21(28)18-13(2)25(3)22(29)24-19(18)14-7-5-9-16(11-14)23-20(27)15-8-6-10-17(12-15)26(30)31/h5-12,19H,4H2,1-3H3,(H,23,27)(H,24,29). The van der Waals surface area contributed by atoms with E-state index in [4.69, 9.17) is 4.74 Å². The number of nitro groups is 1. The number of carbonyl (C=O) groups excluding carboxylic acids is 3. The summed E-state index contributed by atoms with van der Waals surface area (Å²) in [5, 5.41) is 16.4. The number of rotatable bonds is 6. The normalized spacial score (nSPS) is 15.8. The Bertz CT molecular complexity index is 1130. The monoisotopic (exact) mass is 438 g/mol. The Labute approximate surface area is 184 Å². The first-order valence-corrected chi connectivity index (χ1v) is 9.80. The molecule has 0 radical (unpaired) electrons. The lowest BCUT2D eigenvalue weighted by Crippen LogP contribution is -2.46. The van der Waals surface area contributed by atoms with Crippen molar-refractivity contribution in [3.8, 4) is 0 Å². The van der Waals surface area contributed by atoms with Crippen molar-refractivity contribution in [3.63, 3.8) is 0 Å². The van der Waals surface area contributed by atoms with Crippen LogP contribution in [0.2, 0.25) is 0 Å². The molecule has 166 valence electrons. The number of non-ortho nitro benzene ring substituents is 1. The number of nitrogens with one attached hydrogen (secondary N) is 2. The zero-order valence-electron chi connectivity index (χ0n) is 17.7. The Kier molecular flexibility index (Phi) is 6.53. The minimum atomic E-state index is -0.771. The van der Waals surface area contributed by atoms with Crippen molar-refractivity contribution in [3.05, 3.63) is 81.0 Å². The summed E-state index contributed by atoms with van der Waals surface area (Å²) in [5.41, 5.74) is 1.64. The first-order valence-electron chi connectivity index (χ1n) is 9.80. The fraction of sp³-hybridized carbons (Fsp3) is 0.227. The molecule has 1 heterocycles. The summed E-state index contributed by atoms with van der Waals surface area (Å²) in [6, 6.07) is 10.9. The van der Waals surface area contributed by atoms with E-state index < -0.39 is 22.8 Å². The lowest BCUT2D eigenvalue weighted by atomic mass is 9.94. The molecule has 0 bridgehead atoms. The number of ether oxygens (including phenoxy) is 1. The van der Waals surface area contributed by atoms with Crippen molar-refractivity contribution in [2.24, 2.45) is 0 Å². The first kappa shape index (κ1) is 22.5. The number of allylic oxidation sites excluding steroid dienone is 1. The Morgan fingerprint density at radius 2 is 1.94 bits per heavy atom. The molecule has 2 aromatic rings. The van der Waals surface area contributed by atoms with Crippen LogP contribution in [-0.4, -0.2) is 41.4 Å². The Balaban J connectivity index is 1.91. The van der Waals surface area contributed by atoms with Gasteiger partial charge in [-0.15, -0.1) is 0 Å². The van der Waals surface area contributed by atoms with Gasteiger partial charge < -0.3 is 20.3 Å². The smallest absolute Gasteiger partial charge is 0.338 e. The van der Waals surface area contributed by atoms with Gasteiger partial charge in [-0.3, -0.25) is 14.9 Å². The van der Waals surface area contributed by atoms with Gasteiger partial charge in [0.05, 0.1) is 23.1 Å². The van der Waals surface area contributed by atoms with Crippen LogP contribution in [0.3, 0.4) is 0 Å². The zero-order chi connectivity index (χ0) is 23.4. The van der Waals surface area contributed by atoms with Crippen LogP contribution in [0.5, 0.6) is 0 Å². The zero-order valence-corrected chi connectivity index (χ0v) is 17.7. The van der Waals surface area contributed by atoms with Crippen molar-refractivity contribution >= 4 is 29.3 Å². The van der Waals surface area contributed by atoms with E-state index in [9.17, 15) is 24.5 Å². The van der Waals surface area contributed by atoms with Gasteiger partial charge in [0.15, 0.2) is 0 Å². The molecule has 0 spiro atoms. The molecule has 10 heteroatoms. The van der Waals surface area contributed by atoms with Crippen LogP contribution in [0.4, 0.5) is 16.2 Å². The number of carbonyl (C=O) groups is 3. The molecular weight excluding hydrogens is 416 g/mol. The highest BCUT2D eigenvalue weighted by molar-refractivity contribution is 6.04. The molecule has 1 atom stereocenters. The second-order valence-corrected chi connectivity index (χ2v) is 7.05. The van der Waals surface area contributed by atoms with Crippen molar-refractivity contribution < 1.29 is 24.0 Å². The predicted molar refractivity (Wildman–Crippen MR) is 116 cm³/mol. The molecule has 0 saturated carbocycles. The summed E-state index contributed by atoms with van der Waals surface area (Å²) in [6.07, 6.45) is 0. The molecule has 0 fully saturated rings. The van der Waals surface area contributed by atoms with Gasteiger partial charge in [-0.05, 0) is 37.6 Å². The summed E-state index contributed by atoms with van der Waals surface area (Å²) < 4.78 is 5.17. The Hall–Kier alpha value is -4.21. The maximum atomic E-state index is 12.6. The molecule has 2 aromatic carbocycles. The minimum absolute atomic E-state index is 0.125. The van der Waals surface area contributed by atoms with Gasteiger partial charge in [0.2, 0.25) is 0 Å². The van der Waals surface area contributed by atoms with Crippen LogP contribution in [-0.2, 0) is 9.53 Å². The highest BCUT2D eigenvalue weighted by atomic mass is 16.6. The van der Waals surface area contributed by atoms with Crippen molar-refractivity contribution in [2.45, 2.75) is 19.9 Å². The number of esters is 1. The van der Waals surface area contributed by atoms with Crippen LogP contribution >= 0.6 is 0 Å². The lowest BCUT2D eigenvalue weighted by Gasteiger charge is -2.33. The number of amides is 3. The lowest BCUT2D eigenvalue weighted by molar-refractivity contribution is -0.384. The largest absolute Gasteiger partial charge is 0.463 e. The second-order valence-electron chi connectivity index (χ2n) is 7.05. The van der Waals surface area contributed by atoms with Crippen LogP contribution < -0.4 is 10.6 Å². The first-order chi connectivity index (χ1) is 15.2. The average Bonchev–Trinajstić information content (AvgIpc) is 2.77. The molecule has 1 aliphatic heterocycles. The number of benzene rings is 2. The molecule has 3 rings (SSSR count). The molecule has 3 amide bonds. The van der Waals surface area contributed by atoms with E-state index in [1.165, 1.54) is 29.2 Å².